The number of amides is 1. The Labute approximate surface area is 143 Å². The summed E-state index contributed by atoms with van der Waals surface area (Å²) in [6.45, 7) is 8.48. The smallest absolute Gasteiger partial charge is 0.339 e. The lowest BCUT2D eigenvalue weighted by molar-refractivity contribution is -0.130. The topological polar surface area (TPSA) is 105 Å². The number of carbonyl (C=O) groups excluding carboxylic acids is 1. The molecule has 0 aromatic carbocycles. The van der Waals surface area contributed by atoms with Gasteiger partial charge in [0.25, 0.3) is 5.16 Å². The van der Waals surface area contributed by atoms with Crippen LogP contribution in [0.1, 0.15) is 53.4 Å². The molecule has 9 heteroatoms. The first-order chi connectivity index (χ1) is 11.3. The maximum absolute atomic E-state index is 12.6. The number of hydrogen-bond donors (Lipinski definition) is 1. The molecule has 0 radical (unpaired) electrons. The summed E-state index contributed by atoms with van der Waals surface area (Å²) in [4.78, 5) is 25.8. The lowest BCUT2D eigenvalue weighted by atomic mass is 10.2. The van der Waals surface area contributed by atoms with Crippen LogP contribution in [0, 0.1) is 0 Å². The van der Waals surface area contributed by atoms with Crippen molar-refractivity contribution in [2.75, 3.05) is 12.3 Å². The molecule has 1 N–H and O–H groups in total. The summed E-state index contributed by atoms with van der Waals surface area (Å²) in [7, 11) is -3.97. The zero-order chi connectivity index (χ0) is 18.3. The number of hydrogen-bond acceptors (Lipinski definition) is 5. The average Bonchev–Trinajstić information content (AvgIpc) is 2.89. The molecule has 1 aromatic heterocycles. The van der Waals surface area contributed by atoms with Crippen molar-refractivity contribution in [3.8, 4) is 0 Å². The first-order valence-corrected chi connectivity index (χ1v) is 10.1. The highest BCUT2D eigenvalue weighted by atomic mass is 32.2. The Hall–Kier alpha value is -1.64. The van der Waals surface area contributed by atoms with Gasteiger partial charge in [-0.2, -0.15) is 0 Å². The molecule has 0 unspecified atom stereocenters. The van der Waals surface area contributed by atoms with Crippen LogP contribution in [0.3, 0.4) is 0 Å². The molecule has 0 aliphatic carbocycles. The molecule has 0 fully saturated rings. The number of unbranched alkanes of at least 4 members (excludes halogenated alkanes) is 1. The van der Waals surface area contributed by atoms with E-state index in [4.69, 9.17) is 0 Å². The standard InChI is InChI=1S/C15H28N4O4S/c1-5-8-10-18(12(4)7-3)13(20)11-24(22,23)15-17-16-14(21)19(15)9-6-2/h12H,5-11H2,1-4H3,(H,16,21)/t12-/m0/s1. The molecule has 0 spiro atoms. The Morgan fingerprint density at radius 3 is 2.50 bits per heavy atom. The van der Waals surface area contributed by atoms with Gasteiger partial charge < -0.3 is 4.90 Å². The van der Waals surface area contributed by atoms with Gasteiger partial charge in [-0.15, -0.1) is 5.10 Å². The van der Waals surface area contributed by atoms with E-state index in [1.807, 2.05) is 27.7 Å². The van der Waals surface area contributed by atoms with E-state index < -0.39 is 27.2 Å². The van der Waals surface area contributed by atoms with Gasteiger partial charge in [0, 0.05) is 19.1 Å². The quantitative estimate of drug-likeness (QED) is 0.674. The van der Waals surface area contributed by atoms with Gasteiger partial charge in [0.2, 0.25) is 15.7 Å². The lowest BCUT2D eigenvalue weighted by Crippen LogP contribution is -2.42. The first-order valence-electron chi connectivity index (χ1n) is 8.45. The molecule has 1 rings (SSSR count). The van der Waals surface area contributed by atoms with E-state index in [1.165, 1.54) is 0 Å². The summed E-state index contributed by atoms with van der Waals surface area (Å²) in [5, 5.41) is 5.41. The predicted octanol–water partition coefficient (Wildman–Crippen LogP) is 1.18. The predicted molar refractivity (Wildman–Crippen MR) is 91.6 cm³/mol. The zero-order valence-corrected chi connectivity index (χ0v) is 15.7. The third-order valence-corrected chi connectivity index (χ3v) is 5.45. The summed E-state index contributed by atoms with van der Waals surface area (Å²) in [5.41, 5.74) is -0.576. The van der Waals surface area contributed by atoms with Gasteiger partial charge in [-0.25, -0.2) is 18.3 Å². The molecule has 1 aromatic rings. The number of aromatic nitrogens is 3. The Balaban J connectivity index is 3.03. The molecule has 24 heavy (non-hydrogen) atoms. The molecular weight excluding hydrogens is 332 g/mol. The minimum absolute atomic E-state index is 0.0312. The van der Waals surface area contributed by atoms with Gasteiger partial charge in [-0.3, -0.25) is 9.36 Å². The monoisotopic (exact) mass is 360 g/mol. The van der Waals surface area contributed by atoms with Crippen molar-refractivity contribution in [3.63, 3.8) is 0 Å². The van der Waals surface area contributed by atoms with Crippen molar-refractivity contribution in [2.45, 2.75) is 71.1 Å². The molecular formula is C15H28N4O4S. The van der Waals surface area contributed by atoms with Gasteiger partial charge >= 0.3 is 5.69 Å². The molecule has 0 aliphatic rings. The largest absolute Gasteiger partial charge is 0.344 e. The van der Waals surface area contributed by atoms with E-state index in [2.05, 4.69) is 10.2 Å². The normalized spacial score (nSPS) is 13.0. The third-order valence-electron chi connectivity index (χ3n) is 3.96. The van der Waals surface area contributed by atoms with Crippen LogP contribution in [0.4, 0.5) is 0 Å². The van der Waals surface area contributed by atoms with Crippen molar-refractivity contribution in [1.29, 1.82) is 0 Å². The van der Waals surface area contributed by atoms with Crippen LogP contribution in [0.25, 0.3) is 0 Å². The van der Waals surface area contributed by atoms with Gasteiger partial charge in [0.15, 0.2) is 0 Å². The Kier molecular flexibility index (Phi) is 7.65. The zero-order valence-electron chi connectivity index (χ0n) is 14.9. The van der Waals surface area contributed by atoms with Crippen LogP contribution in [0.2, 0.25) is 0 Å². The minimum atomic E-state index is -3.97. The third kappa shape index (κ3) is 4.93. The maximum atomic E-state index is 12.6. The SMILES string of the molecule is CCCCN(C(=O)CS(=O)(=O)c1n[nH]c(=O)n1CCC)[C@@H](C)CC. The Bertz CT molecular complexity index is 693. The van der Waals surface area contributed by atoms with Crippen molar-refractivity contribution < 1.29 is 13.2 Å². The van der Waals surface area contributed by atoms with Crippen molar-refractivity contribution in [1.82, 2.24) is 19.7 Å². The summed E-state index contributed by atoms with van der Waals surface area (Å²) < 4.78 is 26.2. The fourth-order valence-corrected chi connectivity index (χ4v) is 3.73. The van der Waals surface area contributed by atoms with Crippen LogP contribution in [0.5, 0.6) is 0 Å². The number of nitrogens with one attached hydrogen (secondary N) is 1. The fourth-order valence-electron chi connectivity index (χ4n) is 2.41. The van der Waals surface area contributed by atoms with Gasteiger partial charge in [0.1, 0.15) is 5.75 Å². The fraction of sp³-hybridized carbons (Fsp3) is 0.800. The molecule has 1 amide bonds. The van der Waals surface area contributed by atoms with Crippen molar-refractivity contribution in [2.24, 2.45) is 0 Å². The van der Waals surface area contributed by atoms with E-state index in [0.29, 0.717) is 13.0 Å². The molecule has 0 aliphatic heterocycles. The van der Waals surface area contributed by atoms with Gasteiger partial charge in [0.05, 0.1) is 0 Å². The second-order valence-corrected chi connectivity index (χ2v) is 7.80. The number of sulfone groups is 1. The highest BCUT2D eigenvalue weighted by molar-refractivity contribution is 7.91. The van der Waals surface area contributed by atoms with Gasteiger partial charge in [-0.1, -0.05) is 27.2 Å². The number of rotatable bonds is 10. The second-order valence-electron chi connectivity index (χ2n) is 5.92. The maximum Gasteiger partial charge on any atom is 0.344 e. The van der Waals surface area contributed by atoms with E-state index in [9.17, 15) is 18.0 Å². The molecule has 138 valence electrons. The van der Waals surface area contributed by atoms with Gasteiger partial charge in [-0.05, 0) is 26.2 Å². The Morgan fingerprint density at radius 2 is 1.96 bits per heavy atom. The molecule has 8 nitrogen and oxygen atoms in total. The number of aromatic amines is 1. The van der Waals surface area contributed by atoms with E-state index in [-0.39, 0.29) is 17.7 Å². The minimum Gasteiger partial charge on any atom is -0.339 e. The summed E-state index contributed by atoms with van der Waals surface area (Å²) in [6.07, 6.45) is 3.07. The van der Waals surface area contributed by atoms with Crippen LogP contribution in [-0.4, -0.2) is 52.3 Å². The van der Waals surface area contributed by atoms with Crippen LogP contribution in [-0.2, 0) is 21.2 Å². The van der Waals surface area contributed by atoms with Crippen LogP contribution < -0.4 is 5.69 Å². The van der Waals surface area contributed by atoms with Crippen molar-refractivity contribution in [3.05, 3.63) is 10.5 Å². The van der Waals surface area contributed by atoms with Crippen molar-refractivity contribution >= 4 is 15.7 Å². The molecule has 1 atom stereocenters. The molecule has 1 heterocycles. The molecule has 0 saturated carbocycles. The van der Waals surface area contributed by atoms with E-state index >= 15 is 0 Å². The van der Waals surface area contributed by atoms with Crippen LogP contribution in [0.15, 0.2) is 9.95 Å². The first kappa shape index (κ1) is 20.4. The number of carbonyl (C=O) groups is 1. The second kappa shape index (κ2) is 9.00. The highest BCUT2D eigenvalue weighted by Gasteiger charge is 2.29. The number of nitrogens with zero attached hydrogens (tertiary/aromatic N) is 3. The lowest BCUT2D eigenvalue weighted by Gasteiger charge is -2.28. The average molecular weight is 360 g/mol. The Morgan fingerprint density at radius 1 is 1.29 bits per heavy atom. The highest BCUT2D eigenvalue weighted by Crippen LogP contribution is 2.11. The van der Waals surface area contributed by atoms with Crippen LogP contribution >= 0.6 is 0 Å². The molecule has 0 saturated heterocycles. The van der Waals surface area contributed by atoms with E-state index in [0.717, 1.165) is 23.8 Å². The summed E-state index contributed by atoms with van der Waals surface area (Å²) in [6, 6.07) is -0.0312. The summed E-state index contributed by atoms with van der Waals surface area (Å²) >= 11 is 0. The van der Waals surface area contributed by atoms with E-state index in [1.54, 1.807) is 4.90 Å². The molecule has 0 bridgehead atoms. The number of H-pyrrole nitrogens is 1. The summed E-state index contributed by atoms with van der Waals surface area (Å²) in [5.74, 6) is -1.12.